The molecule has 0 heterocycles. The molecule has 1 aromatic carbocycles. The van der Waals surface area contributed by atoms with Gasteiger partial charge >= 0.3 is 0 Å². The molecule has 0 bridgehead atoms. The third-order valence-electron chi connectivity index (χ3n) is 1.62. The maximum absolute atomic E-state index is 13.1. The summed E-state index contributed by atoms with van der Waals surface area (Å²) >= 11 is 5.71. The number of halogens is 2. The van der Waals surface area contributed by atoms with Gasteiger partial charge in [-0.1, -0.05) is 11.6 Å². The standard InChI is InChI=1S/C9H12ClFN2/c1-12-4-5-13-9-6-7(10)2-3-8(9)11/h2-3,6,12-13H,4-5H2,1H3. The molecule has 0 aliphatic carbocycles. The van der Waals surface area contributed by atoms with E-state index in [1.54, 1.807) is 6.07 Å². The highest BCUT2D eigenvalue weighted by Crippen LogP contribution is 2.18. The van der Waals surface area contributed by atoms with E-state index in [9.17, 15) is 4.39 Å². The number of likely N-dealkylation sites (N-methyl/N-ethyl adjacent to an activating group) is 1. The third-order valence-corrected chi connectivity index (χ3v) is 1.85. The molecule has 0 saturated heterocycles. The van der Waals surface area contributed by atoms with Gasteiger partial charge in [-0.15, -0.1) is 0 Å². The number of anilines is 1. The Hall–Kier alpha value is -0.800. The van der Waals surface area contributed by atoms with Crippen LogP contribution in [0.4, 0.5) is 10.1 Å². The molecule has 1 rings (SSSR count). The summed E-state index contributed by atoms with van der Waals surface area (Å²) in [5.41, 5.74) is 0.447. The smallest absolute Gasteiger partial charge is 0.146 e. The van der Waals surface area contributed by atoms with E-state index in [2.05, 4.69) is 10.6 Å². The second kappa shape index (κ2) is 5.04. The minimum atomic E-state index is -0.277. The summed E-state index contributed by atoms with van der Waals surface area (Å²) in [4.78, 5) is 0. The molecule has 2 N–H and O–H groups in total. The molecule has 2 nitrogen and oxygen atoms in total. The van der Waals surface area contributed by atoms with Gasteiger partial charge in [0.25, 0.3) is 0 Å². The van der Waals surface area contributed by atoms with Gasteiger partial charge in [0, 0.05) is 18.1 Å². The molecule has 0 amide bonds. The normalized spacial score (nSPS) is 10.1. The molecule has 4 heteroatoms. The Balaban J connectivity index is 2.59. The van der Waals surface area contributed by atoms with Gasteiger partial charge in [0.2, 0.25) is 0 Å². The molecule has 0 spiro atoms. The van der Waals surface area contributed by atoms with Crippen molar-refractivity contribution in [3.63, 3.8) is 0 Å². The van der Waals surface area contributed by atoms with Gasteiger partial charge < -0.3 is 10.6 Å². The maximum Gasteiger partial charge on any atom is 0.146 e. The Morgan fingerprint density at radius 1 is 1.38 bits per heavy atom. The molecule has 0 fully saturated rings. The zero-order valence-corrected chi connectivity index (χ0v) is 8.16. The number of rotatable bonds is 4. The highest BCUT2D eigenvalue weighted by Gasteiger charge is 2.00. The van der Waals surface area contributed by atoms with E-state index in [-0.39, 0.29) is 5.82 Å². The van der Waals surface area contributed by atoms with E-state index >= 15 is 0 Å². The SMILES string of the molecule is CNCCNc1cc(Cl)ccc1F. The zero-order valence-electron chi connectivity index (χ0n) is 7.40. The Morgan fingerprint density at radius 2 is 2.15 bits per heavy atom. The molecule has 0 aliphatic rings. The van der Waals surface area contributed by atoms with Crippen LogP contribution in [0.5, 0.6) is 0 Å². The minimum absolute atomic E-state index is 0.277. The van der Waals surface area contributed by atoms with Crippen molar-refractivity contribution in [2.45, 2.75) is 0 Å². The third kappa shape index (κ3) is 3.20. The Morgan fingerprint density at radius 3 is 2.85 bits per heavy atom. The highest BCUT2D eigenvalue weighted by atomic mass is 35.5. The lowest BCUT2D eigenvalue weighted by Crippen LogP contribution is -2.18. The van der Waals surface area contributed by atoms with Crippen LogP contribution >= 0.6 is 11.6 Å². The van der Waals surface area contributed by atoms with Gasteiger partial charge in [-0.05, 0) is 25.2 Å². The van der Waals surface area contributed by atoms with Crippen LogP contribution in [0.25, 0.3) is 0 Å². The first-order chi connectivity index (χ1) is 6.24. The summed E-state index contributed by atoms with van der Waals surface area (Å²) in [5, 5.41) is 6.42. The largest absolute Gasteiger partial charge is 0.381 e. The highest BCUT2D eigenvalue weighted by molar-refractivity contribution is 6.30. The molecule has 13 heavy (non-hydrogen) atoms. The van der Waals surface area contributed by atoms with E-state index < -0.39 is 0 Å². The Labute approximate surface area is 82.1 Å². The molecule has 0 aromatic heterocycles. The topological polar surface area (TPSA) is 24.1 Å². The molecule has 0 aliphatic heterocycles. The van der Waals surface area contributed by atoms with E-state index in [0.717, 1.165) is 6.54 Å². The lowest BCUT2D eigenvalue weighted by atomic mass is 10.3. The number of nitrogens with one attached hydrogen (secondary N) is 2. The second-order valence-electron chi connectivity index (χ2n) is 2.65. The number of benzene rings is 1. The molecule has 0 atom stereocenters. The van der Waals surface area contributed by atoms with Gasteiger partial charge in [-0.2, -0.15) is 0 Å². The molecular formula is C9H12ClFN2. The summed E-state index contributed by atoms with van der Waals surface area (Å²) in [6, 6.07) is 4.46. The van der Waals surface area contributed by atoms with E-state index in [1.165, 1.54) is 12.1 Å². The fourth-order valence-electron chi connectivity index (χ4n) is 0.955. The lowest BCUT2D eigenvalue weighted by molar-refractivity contribution is 0.629. The summed E-state index contributed by atoms with van der Waals surface area (Å²) in [5.74, 6) is -0.277. The first-order valence-corrected chi connectivity index (χ1v) is 4.45. The van der Waals surface area contributed by atoms with Crippen LogP contribution in [-0.2, 0) is 0 Å². The fraction of sp³-hybridized carbons (Fsp3) is 0.333. The molecule has 0 radical (unpaired) electrons. The van der Waals surface area contributed by atoms with Crippen molar-refractivity contribution >= 4 is 17.3 Å². The second-order valence-corrected chi connectivity index (χ2v) is 3.09. The van der Waals surface area contributed by atoms with Gasteiger partial charge in [-0.25, -0.2) is 4.39 Å². The van der Waals surface area contributed by atoms with Crippen molar-refractivity contribution in [1.82, 2.24) is 5.32 Å². The van der Waals surface area contributed by atoms with Crippen molar-refractivity contribution in [2.24, 2.45) is 0 Å². The lowest BCUT2D eigenvalue weighted by Gasteiger charge is -2.06. The number of hydrogen-bond acceptors (Lipinski definition) is 2. The van der Waals surface area contributed by atoms with Crippen LogP contribution in [-0.4, -0.2) is 20.1 Å². The van der Waals surface area contributed by atoms with Crippen LogP contribution in [0.3, 0.4) is 0 Å². The average molecular weight is 203 g/mol. The molecule has 72 valence electrons. The predicted molar refractivity (Wildman–Crippen MR) is 53.8 cm³/mol. The first kappa shape index (κ1) is 10.3. The minimum Gasteiger partial charge on any atom is -0.381 e. The Kier molecular flexibility index (Phi) is 3.99. The molecular weight excluding hydrogens is 191 g/mol. The van der Waals surface area contributed by atoms with Crippen LogP contribution in [0.1, 0.15) is 0 Å². The van der Waals surface area contributed by atoms with Gasteiger partial charge in [-0.3, -0.25) is 0 Å². The average Bonchev–Trinajstić information content (AvgIpc) is 2.11. The summed E-state index contributed by atoms with van der Waals surface area (Å²) in [6.45, 7) is 1.46. The quantitative estimate of drug-likeness (QED) is 0.731. The van der Waals surface area contributed by atoms with Crippen molar-refractivity contribution in [1.29, 1.82) is 0 Å². The van der Waals surface area contributed by atoms with Gasteiger partial charge in [0.05, 0.1) is 5.69 Å². The zero-order chi connectivity index (χ0) is 9.68. The maximum atomic E-state index is 13.1. The first-order valence-electron chi connectivity index (χ1n) is 4.07. The van der Waals surface area contributed by atoms with Crippen LogP contribution < -0.4 is 10.6 Å². The van der Waals surface area contributed by atoms with Gasteiger partial charge in [0.1, 0.15) is 5.82 Å². The number of hydrogen-bond donors (Lipinski definition) is 2. The molecule has 0 saturated carbocycles. The van der Waals surface area contributed by atoms with E-state index in [0.29, 0.717) is 17.3 Å². The van der Waals surface area contributed by atoms with Crippen molar-refractivity contribution in [2.75, 3.05) is 25.5 Å². The van der Waals surface area contributed by atoms with Gasteiger partial charge in [0.15, 0.2) is 0 Å². The van der Waals surface area contributed by atoms with Crippen LogP contribution in [0.15, 0.2) is 18.2 Å². The van der Waals surface area contributed by atoms with E-state index in [4.69, 9.17) is 11.6 Å². The Bertz CT molecular complexity index is 278. The summed E-state index contributed by atoms with van der Waals surface area (Å²) in [6.07, 6.45) is 0. The molecule has 1 aromatic rings. The van der Waals surface area contributed by atoms with Crippen molar-refractivity contribution in [3.8, 4) is 0 Å². The van der Waals surface area contributed by atoms with Crippen molar-refractivity contribution in [3.05, 3.63) is 29.0 Å². The summed E-state index contributed by atoms with van der Waals surface area (Å²) < 4.78 is 13.1. The van der Waals surface area contributed by atoms with Crippen LogP contribution in [0.2, 0.25) is 5.02 Å². The fourth-order valence-corrected chi connectivity index (χ4v) is 1.13. The van der Waals surface area contributed by atoms with Crippen molar-refractivity contribution < 1.29 is 4.39 Å². The van der Waals surface area contributed by atoms with E-state index in [1.807, 2.05) is 7.05 Å². The predicted octanol–water partition coefficient (Wildman–Crippen LogP) is 2.11. The van der Waals surface area contributed by atoms with Crippen LogP contribution in [0, 0.1) is 5.82 Å². The monoisotopic (exact) mass is 202 g/mol. The summed E-state index contributed by atoms with van der Waals surface area (Å²) in [7, 11) is 1.84. The molecule has 0 unspecified atom stereocenters.